The van der Waals surface area contributed by atoms with Crippen molar-refractivity contribution in [3.63, 3.8) is 0 Å². The van der Waals surface area contributed by atoms with E-state index in [1.54, 1.807) is 12.4 Å². The number of likely N-dealkylation sites (tertiary alicyclic amines) is 1. The van der Waals surface area contributed by atoms with Gasteiger partial charge >= 0.3 is 5.97 Å². The molecule has 0 unspecified atom stereocenters. The van der Waals surface area contributed by atoms with Gasteiger partial charge in [-0.2, -0.15) is 0 Å². The summed E-state index contributed by atoms with van der Waals surface area (Å²) in [6.45, 7) is 8.10. The van der Waals surface area contributed by atoms with Crippen LogP contribution in [0.5, 0.6) is 0 Å². The summed E-state index contributed by atoms with van der Waals surface area (Å²) in [7, 11) is 2.20. The molecule has 0 bridgehead atoms. The van der Waals surface area contributed by atoms with E-state index >= 15 is 0 Å². The van der Waals surface area contributed by atoms with Crippen LogP contribution in [0.1, 0.15) is 24.8 Å². The number of hydrogen-bond donors (Lipinski definition) is 0. The zero-order chi connectivity index (χ0) is 17.5. The molecule has 0 radical (unpaired) electrons. The zero-order valence-corrected chi connectivity index (χ0v) is 15.3. The number of carbonyl (C=O) groups is 1. The van der Waals surface area contributed by atoms with Crippen LogP contribution in [0.3, 0.4) is 0 Å². The SMILES string of the molecule is CN1CCN(C2CCN(CCC(=O)OCc3ccncc3)CC2)CC1. The molecular weight excluding hydrogens is 316 g/mol. The number of ether oxygens (including phenoxy) is 1. The molecular formula is C19H30N4O2. The average Bonchev–Trinajstić information content (AvgIpc) is 2.67. The van der Waals surface area contributed by atoms with Crippen molar-refractivity contribution in [2.45, 2.75) is 31.9 Å². The van der Waals surface area contributed by atoms with E-state index < -0.39 is 0 Å². The second-order valence-electron chi connectivity index (χ2n) is 7.18. The molecule has 3 rings (SSSR count). The Morgan fingerprint density at radius 1 is 1.12 bits per heavy atom. The molecule has 6 nitrogen and oxygen atoms in total. The highest BCUT2D eigenvalue weighted by Gasteiger charge is 2.26. The summed E-state index contributed by atoms with van der Waals surface area (Å²) in [4.78, 5) is 23.3. The Morgan fingerprint density at radius 3 is 2.48 bits per heavy atom. The molecule has 2 aliphatic rings. The number of aromatic nitrogens is 1. The van der Waals surface area contributed by atoms with Gasteiger partial charge in [-0.25, -0.2) is 0 Å². The van der Waals surface area contributed by atoms with E-state index in [-0.39, 0.29) is 5.97 Å². The summed E-state index contributed by atoms with van der Waals surface area (Å²) in [6.07, 6.45) is 6.34. The van der Waals surface area contributed by atoms with Gasteiger partial charge < -0.3 is 14.5 Å². The molecule has 25 heavy (non-hydrogen) atoms. The summed E-state index contributed by atoms with van der Waals surface area (Å²) in [5, 5.41) is 0. The Kier molecular flexibility index (Phi) is 6.78. The van der Waals surface area contributed by atoms with Gasteiger partial charge in [0.15, 0.2) is 0 Å². The highest BCUT2D eigenvalue weighted by atomic mass is 16.5. The molecule has 0 saturated carbocycles. The molecule has 1 aromatic rings. The molecule has 0 aromatic carbocycles. The maximum atomic E-state index is 11.9. The van der Waals surface area contributed by atoms with Gasteiger partial charge in [0.1, 0.15) is 6.61 Å². The predicted octanol–water partition coefficient (Wildman–Crippen LogP) is 1.23. The Labute approximate surface area is 150 Å². The second kappa shape index (κ2) is 9.27. The van der Waals surface area contributed by atoms with Crippen molar-refractivity contribution in [3.8, 4) is 0 Å². The van der Waals surface area contributed by atoms with Crippen LogP contribution in [0.15, 0.2) is 24.5 Å². The maximum Gasteiger partial charge on any atom is 0.307 e. The van der Waals surface area contributed by atoms with Crippen molar-refractivity contribution in [1.82, 2.24) is 19.7 Å². The lowest BCUT2D eigenvalue weighted by Gasteiger charge is -2.42. The van der Waals surface area contributed by atoms with Crippen LogP contribution in [0.4, 0.5) is 0 Å². The Morgan fingerprint density at radius 2 is 1.80 bits per heavy atom. The fraction of sp³-hybridized carbons (Fsp3) is 0.684. The van der Waals surface area contributed by atoms with E-state index in [1.165, 1.54) is 39.0 Å². The van der Waals surface area contributed by atoms with Crippen LogP contribution in [0.2, 0.25) is 0 Å². The first-order chi connectivity index (χ1) is 12.2. The number of likely N-dealkylation sites (N-methyl/N-ethyl adjacent to an activating group) is 1. The average molecular weight is 346 g/mol. The highest BCUT2D eigenvalue weighted by Crippen LogP contribution is 2.18. The molecule has 0 amide bonds. The number of pyridine rings is 1. The van der Waals surface area contributed by atoms with E-state index in [1.807, 2.05) is 12.1 Å². The monoisotopic (exact) mass is 346 g/mol. The quantitative estimate of drug-likeness (QED) is 0.722. The summed E-state index contributed by atoms with van der Waals surface area (Å²) in [5.74, 6) is -0.113. The minimum Gasteiger partial charge on any atom is -0.461 e. The Balaban J connectivity index is 1.30. The number of esters is 1. The molecule has 0 atom stereocenters. The van der Waals surface area contributed by atoms with Crippen LogP contribution >= 0.6 is 0 Å². The van der Waals surface area contributed by atoms with Crippen molar-refractivity contribution in [2.24, 2.45) is 0 Å². The molecule has 2 aliphatic heterocycles. The largest absolute Gasteiger partial charge is 0.461 e. The Hall–Kier alpha value is -1.50. The van der Waals surface area contributed by atoms with Gasteiger partial charge in [0.2, 0.25) is 0 Å². The van der Waals surface area contributed by atoms with Crippen LogP contribution in [-0.4, -0.2) is 84.6 Å². The van der Waals surface area contributed by atoms with Crippen molar-refractivity contribution >= 4 is 5.97 Å². The molecule has 138 valence electrons. The molecule has 1 aromatic heterocycles. The van der Waals surface area contributed by atoms with Crippen molar-refractivity contribution in [2.75, 3.05) is 52.9 Å². The first-order valence-corrected chi connectivity index (χ1v) is 9.40. The number of piperazine rings is 1. The van der Waals surface area contributed by atoms with Gasteiger partial charge in [-0.1, -0.05) is 0 Å². The fourth-order valence-electron chi connectivity index (χ4n) is 3.66. The summed E-state index contributed by atoms with van der Waals surface area (Å²) in [5.41, 5.74) is 0.983. The van der Waals surface area contributed by atoms with E-state index in [0.717, 1.165) is 31.2 Å². The molecule has 3 heterocycles. The lowest BCUT2D eigenvalue weighted by Crippen LogP contribution is -2.52. The first kappa shape index (κ1) is 18.3. The smallest absolute Gasteiger partial charge is 0.307 e. The first-order valence-electron chi connectivity index (χ1n) is 9.40. The van der Waals surface area contributed by atoms with Crippen LogP contribution in [0, 0.1) is 0 Å². The Bertz CT molecular complexity index is 523. The number of carbonyl (C=O) groups excluding carboxylic acids is 1. The molecule has 0 spiro atoms. The van der Waals surface area contributed by atoms with Crippen LogP contribution < -0.4 is 0 Å². The number of hydrogen-bond acceptors (Lipinski definition) is 6. The van der Waals surface area contributed by atoms with Crippen LogP contribution in [-0.2, 0) is 16.1 Å². The van der Waals surface area contributed by atoms with Crippen molar-refractivity contribution in [3.05, 3.63) is 30.1 Å². The minimum atomic E-state index is -0.113. The second-order valence-corrected chi connectivity index (χ2v) is 7.18. The van der Waals surface area contributed by atoms with Crippen LogP contribution in [0.25, 0.3) is 0 Å². The highest BCUT2D eigenvalue weighted by molar-refractivity contribution is 5.69. The summed E-state index contributed by atoms with van der Waals surface area (Å²) >= 11 is 0. The topological polar surface area (TPSA) is 48.9 Å². The zero-order valence-electron chi connectivity index (χ0n) is 15.3. The molecule has 2 fully saturated rings. The third-order valence-corrected chi connectivity index (χ3v) is 5.39. The molecule has 0 aliphatic carbocycles. The van der Waals surface area contributed by atoms with Gasteiger partial charge in [0, 0.05) is 51.2 Å². The number of rotatable bonds is 6. The predicted molar refractivity (Wildman–Crippen MR) is 97.2 cm³/mol. The molecule has 6 heteroatoms. The normalized spacial score (nSPS) is 21.3. The maximum absolute atomic E-state index is 11.9. The lowest BCUT2D eigenvalue weighted by atomic mass is 10.0. The lowest BCUT2D eigenvalue weighted by molar-refractivity contribution is -0.145. The number of piperidine rings is 1. The van der Waals surface area contributed by atoms with E-state index in [2.05, 4.69) is 26.7 Å². The number of nitrogens with zero attached hydrogens (tertiary/aromatic N) is 4. The van der Waals surface area contributed by atoms with E-state index in [9.17, 15) is 4.79 Å². The van der Waals surface area contributed by atoms with Gasteiger partial charge in [0.25, 0.3) is 0 Å². The summed E-state index contributed by atoms with van der Waals surface area (Å²) < 4.78 is 5.34. The minimum absolute atomic E-state index is 0.113. The van der Waals surface area contributed by atoms with Gasteiger partial charge in [-0.15, -0.1) is 0 Å². The standard InChI is InChI=1S/C19H30N4O2/c1-21-12-14-23(15-13-21)18-4-9-22(10-5-18)11-6-19(24)25-16-17-2-7-20-8-3-17/h2-3,7-8,18H,4-6,9-16H2,1H3. The molecule has 0 N–H and O–H groups in total. The molecule has 2 saturated heterocycles. The van der Waals surface area contributed by atoms with Crippen molar-refractivity contribution < 1.29 is 9.53 Å². The summed E-state index contributed by atoms with van der Waals surface area (Å²) in [6, 6.07) is 4.47. The van der Waals surface area contributed by atoms with Gasteiger partial charge in [-0.05, 0) is 50.7 Å². The van der Waals surface area contributed by atoms with Gasteiger partial charge in [0.05, 0.1) is 6.42 Å². The van der Waals surface area contributed by atoms with Crippen molar-refractivity contribution in [1.29, 1.82) is 0 Å². The third-order valence-electron chi connectivity index (χ3n) is 5.39. The van der Waals surface area contributed by atoms with Gasteiger partial charge in [-0.3, -0.25) is 14.7 Å². The van der Waals surface area contributed by atoms with E-state index in [4.69, 9.17) is 4.74 Å². The third kappa shape index (κ3) is 5.76. The van der Waals surface area contributed by atoms with E-state index in [0.29, 0.717) is 13.0 Å². The fourth-order valence-corrected chi connectivity index (χ4v) is 3.66.